The molecule has 0 unspecified atom stereocenters. The van der Waals surface area contributed by atoms with Gasteiger partial charge in [-0.1, -0.05) is 18.2 Å². The third-order valence-electron chi connectivity index (χ3n) is 6.36. The van der Waals surface area contributed by atoms with Crippen molar-refractivity contribution in [2.45, 2.75) is 32.7 Å². The van der Waals surface area contributed by atoms with Gasteiger partial charge in [-0.25, -0.2) is 4.39 Å². The molecule has 182 valence electrons. The van der Waals surface area contributed by atoms with E-state index in [2.05, 4.69) is 5.32 Å². The predicted molar refractivity (Wildman–Crippen MR) is 127 cm³/mol. The van der Waals surface area contributed by atoms with E-state index in [1.165, 1.54) is 19.2 Å². The number of nitrogens with zero attached hydrogens (tertiary/aromatic N) is 2. The van der Waals surface area contributed by atoms with Gasteiger partial charge in [0.2, 0.25) is 5.91 Å². The Labute approximate surface area is 199 Å². The van der Waals surface area contributed by atoms with Crippen LogP contribution >= 0.6 is 0 Å². The van der Waals surface area contributed by atoms with Crippen LogP contribution < -0.4 is 10.1 Å². The summed E-state index contributed by atoms with van der Waals surface area (Å²) in [5, 5.41) is 2.94. The number of amides is 3. The second kappa shape index (κ2) is 11.6. The Hall–Kier alpha value is -3.42. The smallest absolute Gasteiger partial charge is 0.256 e. The van der Waals surface area contributed by atoms with Crippen molar-refractivity contribution in [3.05, 3.63) is 65.5 Å². The number of hydrogen-bond acceptors (Lipinski definition) is 4. The van der Waals surface area contributed by atoms with Crippen molar-refractivity contribution in [1.82, 2.24) is 15.1 Å². The zero-order valence-corrected chi connectivity index (χ0v) is 19.9. The second-order valence-corrected chi connectivity index (χ2v) is 8.30. The number of rotatable bonds is 8. The van der Waals surface area contributed by atoms with Gasteiger partial charge in [-0.3, -0.25) is 14.4 Å². The van der Waals surface area contributed by atoms with Crippen LogP contribution in [0.4, 0.5) is 4.39 Å². The van der Waals surface area contributed by atoms with Crippen LogP contribution in [0.25, 0.3) is 0 Å². The number of methoxy groups -OCH3 is 1. The molecular weight excluding hydrogens is 437 g/mol. The Kier molecular flexibility index (Phi) is 8.62. The number of piperidine rings is 1. The summed E-state index contributed by atoms with van der Waals surface area (Å²) in [4.78, 5) is 42.4. The molecule has 7 nitrogen and oxygen atoms in total. The molecule has 1 heterocycles. The van der Waals surface area contributed by atoms with E-state index in [-0.39, 0.29) is 29.2 Å². The monoisotopic (exact) mass is 469 g/mol. The molecule has 3 amide bonds. The van der Waals surface area contributed by atoms with Crippen molar-refractivity contribution in [2.24, 2.45) is 5.92 Å². The summed E-state index contributed by atoms with van der Waals surface area (Å²) < 4.78 is 19.3. The highest BCUT2D eigenvalue weighted by molar-refractivity contribution is 5.98. The van der Waals surface area contributed by atoms with Crippen LogP contribution in [0.5, 0.6) is 5.75 Å². The molecule has 0 aliphatic carbocycles. The number of likely N-dealkylation sites (tertiary alicyclic amines) is 1. The number of carbonyl (C=O) groups excluding carboxylic acids is 3. The highest BCUT2D eigenvalue weighted by Gasteiger charge is 2.36. The van der Waals surface area contributed by atoms with Gasteiger partial charge in [0.05, 0.1) is 12.7 Å². The van der Waals surface area contributed by atoms with Crippen LogP contribution in [-0.4, -0.2) is 66.9 Å². The Morgan fingerprint density at radius 2 is 1.76 bits per heavy atom. The maximum atomic E-state index is 14.1. The van der Waals surface area contributed by atoms with Gasteiger partial charge in [0.25, 0.3) is 11.8 Å². The maximum absolute atomic E-state index is 14.1. The quantitative estimate of drug-likeness (QED) is 0.643. The van der Waals surface area contributed by atoms with Gasteiger partial charge in [0.15, 0.2) is 0 Å². The fraction of sp³-hybridized carbons (Fsp3) is 0.423. The van der Waals surface area contributed by atoms with Crippen LogP contribution in [0.1, 0.15) is 47.4 Å². The molecule has 1 aliphatic heterocycles. The first-order chi connectivity index (χ1) is 16.4. The third kappa shape index (κ3) is 5.73. The van der Waals surface area contributed by atoms with Crippen LogP contribution in [-0.2, 0) is 4.79 Å². The summed E-state index contributed by atoms with van der Waals surface area (Å²) in [5.74, 6) is -0.987. The van der Waals surface area contributed by atoms with Crippen LogP contribution in [0, 0.1) is 11.7 Å². The molecule has 0 radical (unpaired) electrons. The van der Waals surface area contributed by atoms with Crippen LogP contribution in [0.2, 0.25) is 0 Å². The lowest BCUT2D eigenvalue weighted by molar-refractivity contribution is -0.134. The molecule has 1 saturated heterocycles. The van der Waals surface area contributed by atoms with Gasteiger partial charge >= 0.3 is 0 Å². The first-order valence-corrected chi connectivity index (χ1v) is 11.7. The molecule has 0 aromatic heterocycles. The molecule has 34 heavy (non-hydrogen) atoms. The molecule has 1 atom stereocenters. The van der Waals surface area contributed by atoms with Gasteiger partial charge in [-0.2, -0.15) is 0 Å². The van der Waals surface area contributed by atoms with Crippen molar-refractivity contribution in [3.63, 3.8) is 0 Å². The SMILES string of the molecule is CCN(CC)C(=O)[C@@H](NC(=O)c1cccc(OC)c1)C1CCN(C(=O)c2ccccc2F)CC1. The van der Waals surface area contributed by atoms with Crippen LogP contribution in [0.15, 0.2) is 48.5 Å². The van der Waals surface area contributed by atoms with Crippen molar-refractivity contribution in [2.75, 3.05) is 33.3 Å². The van der Waals surface area contributed by atoms with E-state index in [1.54, 1.807) is 46.2 Å². The summed E-state index contributed by atoms with van der Waals surface area (Å²) in [7, 11) is 1.53. The molecule has 0 bridgehead atoms. The topological polar surface area (TPSA) is 79.0 Å². The summed E-state index contributed by atoms with van der Waals surface area (Å²) in [6.07, 6.45) is 1.05. The van der Waals surface area contributed by atoms with E-state index in [9.17, 15) is 18.8 Å². The first kappa shape index (κ1) is 25.2. The summed E-state index contributed by atoms with van der Waals surface area (Å²) in [5.41, 5.74) is 0.451. The largest absolute Gasteiger partial charge is 0.497 e. The van der Waals surface area contributed by atoms with Gasteiger partial charge in [0, 0.05) is 31.7 Å². The zero-order valence-electron chi connectivity index (χ0n) is 19.9. The fourth-order valence-electron chi connectivity index (χ4n) is 4.34. The number of hydrogen-bond donors (Lipinski definition) is 1. The highest BCUT2D eigenvalue weighted by atomic mass is 19.1. The van der Waals surface area contributed by atoms with E-state index >= 15 is 0 Å². The molecule has 8 heteroatoms. The molecule has 2 aromatic carbocycles. The number of carbonyl (C=O) groups is 3. The number of benzene rings is 2. The third-order valence-corrected chi connectivity index (χ3v) is 6.36. The molecule has 0 spiro atoms. The van der Waals surface area contributed by atoms with E-state index in [4.69, 9.17) is 4.74 Å². The average Bonchev–Trinajstić information content (AvgIpc) is 2.87. The van der Waals surface area contributed by atoms with Gasteiger partial charge in [0.1, 0.15) is 17.6 Å². The summed E-state index contributed by atoms with van der Waals surface area (Å²) in [6.45, 7) is 5.64. The zero-order chi connectivity index (χ0) is 24.7. The minimum Gasteiger partial charge on any atom is -0.497 e. The fourth-order valence-corrected chi connectivity index (χ4v) is 4.34. The normalized spacial score (nSPS) is 14.9. The van der Waals surface area contributed by atoms with Crippen molar-refractivity contribution >= 4 is 17.7 Å². The summed E-state index contributed by atoms with van der Waals surface area (Å²) in [6, 6.07) is 12.0. The standard InChI is InChI=1S/C26H32FN3O4/c1-4-29(5-2)26(33)23(28-24(31)19-9-8-10-20(17-19)34-3)18-13-15-30(16-14-18)25(32)21-11-6-7-12-22(21)27/h6-12,17-18,23H,4-5,13-16H2,1-3H3,(H,28,31)/t23-/m0/s1. The number of halogens is 1. The Morgan fingerprint density at radius 1 is 1.09 bits per heavy atom. The Morgan fingerprint density at radius 3 is 2.38 bits per heavy atom. The lowest BCUT2D eigenvalue weighted by Crippen LogP contribution is -2.54. The van der Waals surface area contributed by atoms with E-state index in [1.807, 2.05) is 13.8 Å². The molecule has 2 aromatic rings. The van der Waals surface area contributed by atoms with E-state index < -0.39 is 11.9 Å². The van der Waals surface area contributed by atoms with E-state index in [0.717, 1.165) is 0 Å². The molecule has 3 rings (SSSR count). The highest BCUT2D eigenvalue weighted by Crippen LogP contribution is 2.25. The van der Waals surface area contributed by atoms with Gasteiger partial charge in [-0.05, 0) is 62.9 Å². The molecule has 1 aliphatic rings. The molecular formula is C26H32FN3O4. The molecule has 1 N–H and O–H groups in total. The maximum Gasteiger partial charge on any atom is 0.256 e. The Balaban J connectivity index is 1.75. The molecule has 0 saturated carbocycles. The average molecular weight is 470 g/mol. The first-order valence-electron chi connectivity index (χ1n) is 11.7. The molecule has 1 fully saturated rings. The van der Waals surface area contributed by atoms with Gasteiger partial charge < -0.3 is 19.9 Å². The summed E-state index contributed by atoms with van der Waals surface area (Å²) >= 11 is 0. The van der Waals surface area contributed by atoms with E-state index in [0.29, 0.717) is 50.3 Å². The van der Waals surface area contributed by atoms with Gasteiger partial charge in [-0.15, -0.1) is 0 Å². The van der Waals surface area contributed by atoms with Crippen molar-refractivity contribution < 1.29 is 23.5 Å². The number of nitrogens with one attached hydrogen (secondary N) is 1. The number of likely N-dealkylation sites (N-methyl/N-ethyl adjacent to an activating group) is 1. The Bertz CT molecular complexity index is 1020. The predicted octanol–water partition coefficient (Wildman–Crippen LogP) is 3.35. The minimum absolute atomic E-state index is 0.0445. The lowest BCUT2D eigenvalue weighted by atomic mass is 9.87. The second-order valence-electron chi connectivity index (χ2n) is 8.30. The van der Waals surface area contributed by atoms with Crippen molar-refractivity contribution in [3.8, 4) is 5.75 Å². The number of ether oxygens (including phenoxy) is 1. The van der Waals surface area contributed by atoms with Crippen molar-refractivity contribution in [1.29, 1.82) is 0 Å². The minimum atomic E-state index is -0.718. The van der Waals surface area contributed by atoms with Crippen LogP contribution in [0.3, 0.4) is 0 Å². The lowest BCUT2D eigenvalue weighted by Gasteiger charge is -2.37.